The molecule has 0 nitrogen and oxygen atoms in total. The molecule has 3 heteroatoms. The second-order valence-corrected chi connectivity index (χ2v) is 3.10. The molecule has 0 N–H and O–H groups in total. The first-order chi connectivity index (χ1) is 4.75. The van der Waals surface area contributed by atoms with Gasteiger partial charge in [-0.25, -0.2) is 4.39 Å². The van der Waals surface area contributed by atoms with Crippen LogP contribution in [0.25, 0.3) is 0 Å². The zero-order chi connectivity index (χ0) is 7.56. The van der Waals surface area contributed by atoms with Gasteiger partial charge in [0, 0.05) is 15.1 Å². The highest BCUT2D eigenvalue weighted by Crippen LogP contribution is 2.24. The fraction of sp³-hybridized carbons (Fsp3) is 0.143. The van der Waals surface area contributed by atoms with E-state index >= 15 is 0 Å². The number of hydrogen-bond acceptors (Lipinski definition) is 0. The van der Waals surface area contributed by atoms with Crippen molar-refractivity contribution < 1.29 is 4.39 Å². The molecule has 0 saturated carbocycles. The Bertz CT molecular complexity index is 217. The van der Waals surface area contributed by atoms with Crippen molar-refractivity contribution in [1.29, 1.82) is 0 Å². The van der Waals surface area contributed by atoms with Gasteiger partial charge in [0.15, 0.2) is 0 Å². The third-order valence-corrected chi connectivity index (χ3v) is 2.29. The highest BCUT2D eigenvalue weighted by Gasteiger charge is 2.02. The summed E-state index contributed by atoms with van der Waals surface area (Å²) in [5.74, 6) is 0. The molecule has 0 atom stereocenters. The molecule has 1 aromatic carbocycles. The molecule has 0 amide bonds. The maximum absolute atomic E-state index is 12.1. The van der Waals surface area contributed by atoms with Gasteiger partial charge in [0.1, 0.15) is 6.67 Å². The largest absolute Gasteiger partial charge is 0.246 e. The van der Waals surface area contributed by atoms with Gasteiger partial charge in [-0.3, -0.25) is 0 Å². The van der Waals surface area contributed by atoms with Crippen molar-refractivity contribution in [2.24, 2.45) is 0 Å². The molecule has 0 fully saturated rings. The summed E-state index contributed by atoms with van der Waals surface area (Å²) >= 11 is 8.84. The topological polar surface area (TPSA) is 0 Å². The normalized spacial score (nSPS) is 9.90. The molecule has 0 unspecified atom stereocenters. The van der Waals surface area contributed by atoms with Crippen molar-refractivity contribution >= 4 is 27.5 Å². The fourth-order valence-corrected chi connectivity index (χ4v) is 1.47. The van der Waals surface area contributed by atoms with Crippen molar-refractivity contribution in [3.63, 3.8) is 0 Å². The summed E-state index contributed by atoms with van der Waals surface area (Å²) in [5, 5.41) is 0.469. The Labute approximate surface area is 72.1 Å². The standard InChI is InChI=1S/C7H5BrClF/c8-6-2-1-3-7(9)5(6)4-10/h1-3H,4H2. The quantitative estimate of drug-likeness (QED) is 0.683. The second-order valence-electron chi connectivity index (χ2n) is 1.83. The van der Waals surface area contributed by atoms with Crippen LogP contribution in [0.5, 0.6) is 0 Å². The van der Waals surface area contributed by atoms with E-state index < -0.39 is 6.67 Å². The van der Waals surface area contributed by atoms with Crippen LogP contribution in [-0.2, 0) is 6.67 Å². The Balaban J connectivity index is 3.17. The molecule has 0 spiro atoms. The third-order valence-electron chi connectivity index (χ3n) is 1.20. The molecular formula is C7H5BrClF. The Hall–Kier alpha value is -0.0800. The molecule has 0 radical (unpaired) electrons. The van der Waals surface area contributed by atoms with Gasteiger partial charge in [0.05, 0.1) is 0 Å². The van der Waals surface area contributed by atoms with Crippen molar-refractivity contribution in [2.75, 3.05) is 0 Å². The summed E-state index contributed by atoms with van der Waals surface area (Å²) in [4.78, 5) is 0. The van der Waals surface area contributed by atoms with Crippen molar-refractivity contribution in [3.05, 3.63) is 33.3 Å². The van der Waals surface area contributed by atoms with E-state index in [0.29, 0.717) is 10.6 Å². The minimum absolute atomic E-state index is 0.469. The number of benzene rings is 1. The van der Waals surface area contributed by atoms with Gasteiger partial charge in [-0.1, -0.05) is 33.6 Å². The minimum Gasteiger partial charge on any atom is -0.246 e. The molecule has 0 aliphatic heterocycles. The monoisotopic (exact) mass is 222 g/mol. The summed E-state index contributed by atoms with van der Waals surface area (Å²) in [7, 11) is 0. The van der Waals surface area contributed by atoms with E-state index in [9.17, 15) is 4.39 Å². The molecule has 0 aliphatic carbocycles. The van der Waals surface area contributed by atoms with E-state index in [1.54, 1.807) is 18.2 Å². The lowest BCUT2D eigenvalue weighted by Gasteiger charge is -1.99. The van der Waals surface area contributed by atoms with Gasteiger partial charge in [-0.2, -0.15) is 0 Å². The Morgan fingerprint density at radius 2 is 2.20 bits per heavy atom. The van der Waals surface area contributed by atoms with Crippen molar-refractivity contribution in [3.8, 4) is 0 Å². The highest BCUT2D eigenvalue weighted by molar-refractivity contribution is 9.10. The van der Waals surface area contributed by atoms with Gasteiger partial charge in [-0.05, 0) is 12.1 Å². The number of alkyl halides is 1. The molecule has 1 aromatic rings. The lowest BCUT2D eigenvalue weighted by molar-refractivity contribution is 0.484. The molecule has 0 aromatic heterocycles. The minimum atomic E-state index is -0.528. The molecule has 1 rings (SSSR count). The van der Waals surface area contributed by atoms with E-state index in [0.717, 1.165) is 4.47 Å². The lowest BCUT2D eigenvalue weighted by Crippen LogP contribution is -1.81. The highest BCUT2D eigenvalue weighted by atomic mass is 79.9. The van der Waals surface area contributed by atoms with Crippen LogP contribution in [0.3, 0.4) is 0 Å². The van der Waals surface area contributed by atoms with Gasteiger partial charge in [-0.15, -0.1) is 0 Å². The van der Waals surface area contributed by atoms with Crippen LogP contribution in [0.4, 0.5) is 4.39 Å². The maximum Gasteiger partial charge on any atom is 0.117 e. The Morgan fingerprint density at radius 3 is 2.60 bits per heavy atom. The van der Waals surface area contributed by atoms with Crippen LogP contribution < -0.4 is 0 Å². The number of rotatable bonds is 1. The second kappa shape index (κ2) is 3.35. The number of hydrogen-bond donors (Lipinski definition) is 0. The molecular weight excluding hydrogens is 218 g/mol. The van der Waals surface area contributed by atoms with Gasteiger partial charge >= 0.3 is 0 Å². The van der Waals surface area contributed by atoms with Gasteiger partial charge in [0.25, 0.3) is 0 Å². The van der Waals surface area contributed by atoms with Crippen LogP contribution >= 0.6 is 27.5 Å². The van der Waals surface area contributed by atoms with Crippen molar-refractivity contribution in [2.45, 2.75) is 6.67 Å². The van der Waals surface area contributed by atoms with Gasteiger partial charge in [0.2, 0.25) is 0 Å². The summed E-state index contributed by atoms with van der Waals surface area (Å²) in [6, 6.07) is 5.20. The summed E-state index contributed by atoms with van der Waals surface area (Å²) < 4.78 is 12.9. The van der Waals surface area contributed by atoms with E-state index in [1.807, 2.05) is 0 Å². The SMILES string of the molecule is FCc1c(Cl)cccc1Br. The molecule has 10 heavy (non-hydrogen) atoms. The summed E-state index contributed by atoms with van der Waals surface area (Å²) in [5.41, 5.74) is 0.518. The first kappa shape index (κ1) is 8.02. The van der Waals surface area contributed by atoms with E-state index in [1.165, 1.54) is 0 Å². The molecule has 0 aliphatic rings. The summed E-state index contributed by atoms with van der Waals surface area (Å²) in [6.45, 7) is -0.528. The van der Waals surface area contributed by atoms with E-state index in [-0.39, 0.29) is 0 Å². The predicted octanol–water partition coefficient (Wildman–Crippen LogP) is 3.57. The summed E-state index contributed by atoms with van der Waals surface area (Å²) in [6.07, 6.45) is 0. The molecule has 0 heterocycles. The fourth-order valence-electron chi connectivity index (χ4n) is 0.660. The van der Waals surface area contributed by atoms with Crippen LogP contribution in [0.2, 0.25) is 5.02 Å². The van der Waals surface area contributed by atoms with E-state index in [4.69, 9.17) is 11.6 Å². The van der Waals surface area contributed by atoms with Crippen LogP contribution in [0.1, 0.15) is 5.56 Å². The van der Waals surface area contributed by atoms with Crippen molar-refractivity contribution in [1.82, 2.24) is 0 Å². The van der Waals surface area contributed by atoms with Crippen LogP contribution in [-0.4, -0.2) is 0 Å². The van der Waals surface area contributed by atoms with Crippen LogP contribution in [0.15, 0.2) is 22.7 Å². The predicted molar refractivity (Wildman–Crippen MR) is 44.0 cm³/mol. The van der Waals surface area contributed by atoms with Crippen LogP contribution in [0, 0.1) is 0 Å². The zero-order valence-electron chi connectivity index (χ0n) is 5.07. The molecule has 0 saturated heterocycles. The average molecular weight is 223 g/mol. The first-order valence-corrected chi connectivity index (χ1v) is 3.91. The Kier molecular flexibility index (Phi) is 2.69. The molecule has 0 bridgehead atoms. The van der Waals surface area contributed by atoms with Gasteiger partial charge < -0.3 is 0 Å². The Morgan fingerprint density at radius 1 is 1.50 bits per heavy atom. The zero-order valence-corrected chi connectivity index (χ0v) is 7.41. The maximum atomic E-state index is 12.1. The van der Waals surface area contributed by atoms with E-state index in [2.05, 4.69) is 15.9 Å². The third kappa shape index (κ3) is 1.50. The number of halogens is 3. The lowest BCUT2D eigenvalue weighted by atomic mass is 10.2. The smallest absolute Gasteiger partial charge is 0.117 e. The average Bonchev–Trinajstić information content (AvgIpc) is 1.88. The molecule has 54 valence electrons. The first-order valence-electron chi connectivity index (χ1n) is 2.74.